The van der Waals surface area contributed by atoms with E-state index >= 15 is 0 Å². The summed E-state index contributed by atoms with van der Waals surface area (Å²) in [5.41, 5.74) is 2.45. The van der Waals surface area contributed by atoms with Gasteiger partial charge in [-0.15, -0.1) is 10.2 Å². The number of aliphatic carboxylic acids is 1. The van der Waals surface area contributed by atoms with Crippen LogP contribution in [0.4, 0.5) is 0 Å². The molecule has 10 heteroatoms. The number of carbonyl (C=O) groups is 1. The van der Waals surface area contributed by atoms with Crippen molar-refractivity contribution >= 4 is 34.6 Å². The van der Waals surface area contributed by atoms with Crippen molar-refractivity contribution in [2.24, 2.45) is 0 Å². The number of hydrogen-bond acceptors (Lipinski definition) is 8. The Hall–Kier alpha value is -4.96. The molecule has 0 saturated carbocycles. The van der Waals surface area contributed by atoms with Gasteiger partial charge in [0.2, 0.25) is 0 Å². The smallest absolute Gasteiger partial charge is 0.342 e. The molecule has 0 fully saturated rings. The zero-order valence-electron chi connectivity index (χ0n) is 24.9. The Balaban J connectivity index is 1.41. The molecule has 226 valence electrons. The summed E-state index contributed by atoms with van der Waals surface area (Å²) in [6, 6.07) is 25.1. The minimum atomic E-state index is -1.08. The van der Waals surface area contributed by atoms with E-state index in [-0.39, 0.29) is 4.91 Å². The van der Waals surface area contributed by atoms with E-state index in [4.69, 9.17) is 18.9 Å². The van der Waals surface area contributed by atoms with Crippen molar-refractivity contribution in [2.75, 3.05) is 20.8 Å². The highest BCUT2D eigenvalue weighted by atomic mass is 32.2. The topological polar surface area (TPSA) is 105 Å². The van der Waals surface area contributed by atoms with Crippen LogP contribution in [0.15, 0.2) is 88.9 Å². The van der Waals surface area contributed by atoms with Gasteiger partial charge in [-0.3, -0.25) is 0 Å². The molecule has 0 atom stereocenters. The van der Waals surface area contributed by atoms with Gasteiger partial charge >= 0.3 is 5.97 Å². The molecule has 1 aromatic heterocycles. The lowest BCUT2D eigenvalue weighted by Crippen LogP contribution is -2.03. The minimum Gasteiger partial charge on any atom is -0.497 e. The minimum absolute atomic E-state index is 0.0775. The summed E-state index contributed by atoms with van der Waals surface area (Å²) in [6.45, 7) is 5.15. The van der Waals surface area contributed by atoms with Gasteiger partial charge in [0.25, 0.3) is 0 Å². The number of carboxylic acids is 1. The number of benzene rings is 4. The second kappa shape index (κ2) is 14.0. The molecule has 0 radical (unpaired) electrons. The van der Waals surface area contributed by atoms with Gasteiger partial charge in [-0.2, -0.15) is 0 Å². The Morgan fingerprint density at radius 2 is 1.64 bits per heavy atom. The van der Waals surface area contributed by atoms with Crippen LogP contribution in [0.5, 0.6) is 23.0 Å². The van der Waals surface area contributed by atoms with Crippen LogP contribution in [0.3, 0.4) is 0 Å². The highest BCUT2D eigenvalue weighted by Gasteiger charge is 2.20. The lowest BCUT2D eigenvalue weighted by Gasteiger charge is -2.14. The van der Waals surface area contributed by atoms with E-state index < -0.39 is 5.97 Å². The van der Waals surface area contributed by atoms with Crippen molar-refractivity contribution in [1.29, 1.82) is 0 Å². The highest BCUT2D eigenvalue weighted by molar-refractivity contribution is 8.04. The first-order valence-corrected chi connectivity index (χ1v) is 14.9. The second-order valence-corrected chi connectivity index (χ2v) is 10.6. The molecular weight excluding hydrogens is 578 g/mol. The Labute approximate surface area is 260 Å². The number of thioether (sulfide) groups is 1. The lowest BCUT2D eigenvalue weighted by atomic mass is 10.1. The number of ether oxygens (including phenoxy) is 4. The Morgan fingerprint density at radius 3 is 2.34 bits per heavy atom. The van der Waals surface area contributed by atoms with Crippen molar-refractivity contribution in [1.82, 2.24) is 14.8 Å². The standard InChI is InChI=1S/C34H33N3O6S/c1-5-37-32(25-18-26(40-3)20-27(19-25)41-4)35-36-34(37)44-31(33(38)39)17-22-14-15-29(30(16-22)42-6-2)43-21-24-12-9-11-23-10-7-8-13-28(23)24/h7-20H,5-6,21H2,1-4H3,(H,38,39)/b31-17-. The fraction of sp³-hybridized carbons (Fsp3) is 0.206. The number of fused-ring (bicyclic) bond motifs is 1. The molecule has 0 aliphatic carbocycles. The molecule has 1 heterocycles. The molecule has 0 bridgehead atoms. The maximum atomic E-state index is 12.4. The van der Waals surface area contributed by atoms with E-state index in [0.29, 0.717) is 59.3 Å². The summed E-state index contributed by atoms with van der Waals surface area (Å²) >= 11 is 1.03. The fourth-order valence-corrected chi connectivity index (χ4v) is 5.65. The average molecular weight is 612 g/mol. The third kappa shape index (κ3) is 6.81. The fourth-order valence-electron chi connectivity index (χ4n) is 4.76. The van der Waals surface area contributed by atoms with Crippen molar-refractivity contribution in [3.8, 4) is 34.4 Å². The second-order valence-electron chi connectivity index (χ2n) is 9.63. The molecule has 9 nitrogen and oxygen atoms in total. The van der Waals surface area contributed by atoms with E-state index in [0.717, 1.165) is 33.7 Å². The number of aromatic nitrogens is 3. The maximum absolute atomic E-state index is 12.4. The van der Waals surface area contributed by atoms with E-state index in [9.17, 15) is 9.90 Å². The first kappa shape index (κ1) is 30.5. The number of methoxy groups -OCH3 is 2. The lowest BCUT2D eigenvalue weighted by molar-refractivity contribution is -0.131. The van der Waals surface area contributed by atoms with Gasteiger partial charge in [-0.1, -0.05) is 48.5 Å². The number of nitrogens with zero attached hydrogens (tertiary/aromatic N) is 3. The third-order valence-electron chi connectivity index (χ3n) is 6.88. The molecule has 5 rings (SSSR count). The van der Waals surface area contributed by atoms with E-state index in [1.54, 1.807) is 38.5 Å². The van der Waals surface area contributed by atoms with Crippen LogP contribution >= 0.6 is 11.8 Å². The highest BCUT2D eigenvalue weighted by Crippen LogP contribution is 2.35. The van der Waals surface area contributed by atoms with Crippen LogP contribution in [0.2, 0.25) is 0 Å². The summed E-state index contributed by atoms with van der Waals surface area (Å²) in [5.74, 6) is 1.82. The molecule has 0 aliphatic heterocycles. The zero-order valence-corrected chi connectivity index (χ0v) is 25.8. The first-order chi connectivity index (χ1) is 21.4. The van der Waals surface area contributed by atoms with Gasteiger partial charge in [0.05, 0.1) is 20.8 Å². The van der Waals surface area contributed by atoms with Crippen LogP contribution < -0.4 is 18.9 Å². The predicted octanol–water partition coefficient (Wildman–Crippen LogP) is 7.33. The largest absolute Gasteiger partial charge is 0.497 e. The van der Waals surface area contributed by atoms with Crippen LogP contribution in [-0.4, -0.2) is 46.7 Å². The number of rotatable bonds is 13. The van der Waals surface area contributed by atoms with Gasteiger partial charge in [0.15, 0.2) is 22.5 Å². The van der Waals surface area contributed by atoms with Gasteiger partial charge < -0.3 is 28.6 Å². The van der Waals surface area contributed by atoms with Crippen molar-refractivity contribution in [3.05, 3.63) is 94.9 Å². The number of carboxylic acid groups (broad SMARTS) is 1. The van der Waals surface area contributed by atoms with Crippen molar-refractivity contribution in [3.63, 3.8) is 0 Å². The average Bonchev–Trinajstić information content (AvgIpc) is 3.46. The first-order valence-electron chi connectivity index (χ1n) is 14.1. The van der Waals surface area contributed by atoms with Crippen LogP contribution in [0, 0.1) is 0 Å². The monoisotopic (exact) mass is 611 g/mol. The molecule has 0 saturated heterocycles. The summed E-state index contributed by atoms with van der Waals surface area (Å²) < 4.78 is 24.7. The molecule has 1 N–H and O–H groups in total. The Morgan fingerprint density at radius 1 is 0.886 bits per heavy atom. The third-order valence-corrected chi connectivity index (χ3v) is 7.88. The van der Waals surface area contributed by atoms with Gasteiger partial charge in [-0.05, 0) is 77.9 Å². The predicted molar refractivity (Wildman–Crippen MR) is 172 cm³/mol. The summed E-state index contributed by atoms with van der Waals surface area (Å²) in [4.78, 5) is 12.4. The quantitative estimate of drug-likeness (QED) is 0.108. The van der Waals surface area contributed by atoms with Crippen LogP contribution in [-0.2, 0) is 17.9 Å². The van der Waals surface area contributed by atoms with Crippen LogP contribution in [0.1, 0.15) is 25.0 Å². The van der Waals surface area contributed by atoms with Gasteiger partial charge in [-0.25, -0.2) is 4.79 Å². The zero-order chi connectivity index (χ0) is 31.1. The van der Waals surface area contributed by atoms with E-state index in [1.807, 2.05) is 60.9 Å². The number of hydrogen-bond donors (Lipinski definition) is 1. The molecule has 0 spiro atoms. The summed E-state index contributed by atoms with van der Waals surface area (Å²) in [6.07, 6.45) is 1.59. The normalized spacial score (nSPS) is 11.4. The molecule has 4 aromatic carbocycles. The molecule has 0 aliphatic rings. The van der Waals surface area contributed by atoms with Crippen LogP contribution in [0.25, 0.3) is 28.2 Å². The van der Waals surface area contributed by atoms with E-state index in [2.05, 4.69) is 28.4 Å². The SMILES string of the molecule is CCOc1cc(/C=C(\Sc2nnc(-c3cc(OC)cc(OC)c3)n2CC)C(=O)O)ccc1OCc1cccc2ccccc12. The summed E-state index contributed by atoms with van der Waals surface area (Å²) in [7, 11) is 3.16. The van der Waals surface area contributed by atoms with Crippen molar-refractivity contribution in [2.45, 2.75) is 32.2 Å². The van der Waals surface area contributed by atoms with Gasteiger partial charge in [0, 0.05) is 18.2 Å². The molecule has 5 aromatic rings. The Bertz CT molecular complexity index is 1790. The van der Waals surface area contributed by atoms with E-state index in [1.165, 1.54) is 0 Å². The summed E-state index contributed by atoms with van der Waals surface area (Å²) in [5, 5.41) is 21.5. The molecule has 0 amide bonds. The Kier molecular flexibility index (Phi) is 9.71. The molecule has 44 heavy (non-hydrogen) atoms. The van der Waals surface area contributed by atoms with Crippen molar-refractivity contribution < 1.29 is 28.8 Å². The van der Waals surface area contributed by atoms with Gasteiger partial charge in [0.1, 0.15) is 23.0 Å². The maximum Gasteiger partial charge on any atom is 0.342 e. The molecular formula is C34H33N3O6S. The molecule has 0 unspecified atom stereocenters.